The molecule has 1 aliphatic rings. The molecule has 1 N–H and O–H groups in total. The molecule has 0 unspecified atom stereocenters. The number of ether oxygens (including phenoxy) is 1. The number of hydrogen-bond acceptors (Lipinski definition) is 3. The van der Waals surface area contributed by atoms with Gasteiger partial charge in [0, 0.05) is 6.20 Å². The first-order valence-corrected chi connectivity index (χ1v) is 6.76. The molecule has 3 nitrogen and oxygen atoms in total. The van der Waals surface area contributed by atoms with Gasteiger partial charge in [0.1, 0.15) is 18.2 Å². The smallest absolute Gasteiger partial charge is 0.143 e. The Bertz CT molecular complexity index is 584. The van der Waals surface area contributed by atoms with Gasteiger partial charge in [-0.3, -0.25) is 0 Å². The lowest BCUT2D eigenvalue weighted by Crippen LogP contribution is -1.97. The first-order valence-electron chi connectivity index (χ1n) is 6.38. The fourth-order valence-electron chi connectivity index (χ4n) is 1.86. The third-order valence-electron chi connectivity index (χ3n) is 2.76. The second-order valence-electron chi connectivity index (χ2n) is 4.03. The number of aromatic nitrogens is 1. The molecular formula is C15H17ClN2O. The minimum Gasteiger partial charge on any atom is -0.487 e. The summed E-state index contributed by atoms with van der Waals surface area (Å²) < 4.78 is 5.72. The van der Waals surface area contributed by atoms with E-state index in [2.05, 4.69) is 10.3 Å². The normalized spacial score (nSPS) is 11.8. The highest BCUT2D eigenvalue weighted by Gasteiger charge is 2.16. The van der Waals surface area contributed by atoms with Crippen LogP contribution in [0, 0.1) is 6.92 Å². The lowest BCUT2D eigenvalue weighted by Gasteiger charge is -2.08. The molecule has 0 atom stereocenters. The monoisotopic (exact) mass is 276 g/mol. The number of nitrogens with zero attached hydrogens (tertiary/aromatic N) is 1. The molecule has 0 bridgehead atoms. The fraction of sp³-hybridized carbons (Fsp3) is 0.267. The van der Waals surface area contributed by atoms with Gasteiger partial charge in [0.2, 0.25) is 0 Å². The lowest BCUT2D eigenvalue weighted by atomic mass is 10.2. The Kier molecular flexibility index (Phi) is 4.27. The van der Waals surface area contributed by atoms with E-state index < -0.39 is 0 Å². The standard InChI is InChI=1S/C13H11ClN2O.C2H6/c1-8-2-3-12-11(6-8)16-13-9(7-17-12)10(14)4-5-15-13;1-2/h2-6H,7H2,1H3,(H,15,16);1-2H3. The summed E-state index contributed by atoms with van der Waals surface area (Å²) in [5, 5.41) is 3.94. The van der Waals surface area contributed by atoms with Crippen LogP contribution in [0.1, 0.15) is 25.0 Å². The average molecular weight is 277 g/mol. The van der Waals surface area contributed by atoms with Crippen molar-refractivity contribution in [2.75, 3.05) is 5.32 Å². The van der Waals surface area contributed by atoms with E-state index in [1.165, 1.54) is 5.56 Å². The quantitative estimate of drug-likeness (QED) is 0.757. The second kappa shape index (κ2) is 5.93. The molecule has 0 amide bonds. The number of halogens is 1. The maximum absolute atomic E-state index is 6.13. The zero-order chi connectivity index (χ0) is 13.8. The largest absolute Gasteiger partial charge is 0.487 e. The number of fused-ring (bicyclic) bond motifs is 2. The molecule has 3 rings (SSSR count). The maximum atomic E-state index is 6.13. The van der Waals surface area contributed by atoms with Crippen molar-refractivity contribution >= 4 is 23.1 Å². The van der Waals surface area contributed by atoms with Crippen molar-refractivity contribution in [3.05, 3.63) is 46.6 Å². The van der Waals surface area contributed by atoms with Crippen LogP contribution < -0.4 is 10.1 Å². The highest BCUT2D eigenvalue weighted by Crippen LogP contribution is 2.35. The van der Waals surface area contributed by atoms with Gasteiger partial charge in [-0.15, -0.1) is 0 Å². The Morgan fingerprint density at radius 3 is 2.84 bits per heavy atom. The highest BCUT2D eigenvalue weighted by atomic mass is 35.5. The zero-order valence-electron chi connectivity index (χ0n) is 11.3. The van der Waals surface area contributed by atoms with E-state index >= 15 is 0 Å². The summed E-state index contributed by atoms with van der Waals surface area (Å²) in [7, 11) is 0. The average Bonchev–Trinajstić information content (AvgIpc) is 2.60. The summed E-state index contributed by atoms with van der Waals surface area (Å²) in [6.07, 6.45) is 1.69. The predicted octanol–water partition coefficient (Wildman–Crippen LogP) is 4.71. The summed E-state index contributed by atoms with van der Waals surface area (Å²) in [5.74, 6) is 1.59. The number of hydrogen-bond donors (Lipinski definition) is 1. The van der Waals surface area contributed by atoms with Crippen LogP contribution in [0.25, 0.3) is 0 Å². The Morgan fingerprint density at radius 1 is 1.26 bits per heavy atom. The van der Waals surface area contributed by atoms with Crippen LogP contribution in [0.15, 0.2) is 30.5 Å². The van der Waals surface area contributed by atoms with Crippen molar-refractivity contribution in [2.45, 2.75) is 27.4 Å². The summed E-state index contributed by atoms with van der Waals surface area (Å²) in [4.78, 5) is 4.29. The first-order chi connectivity index (χ1) is 9.24. The van der Waals surface area contributed by atoms with E-state index in [1.807, 2.05) is 39.0 Å². The molecule has 0 spiro atoms. The van der Waals surface area contributed by atoms with Crippen molar-refractivity contribution in [1.82, 2.24) is 4.98 Å². The molecule has 0 saturated carbocycles. The van der Waals surface area contributed by atoms with Gasteiger partial charge >= 0.3 is 0 Å². The van der Waals surface area contributed by atoms with Gasteiger partial charge in [-0.05, 0) is 30.7 Å². The van der Waals surface area contributed by atoms with E-state index in [0.29, 0.717) is 11.6 Å². The molecule has 1 aliphatic heterocycles. The molecule has 1 aromatic carbocycles. The number of benzene rings is 1. The van der Waals surface area contributed by atoms with Gasteiger partial charge in [-0.1, -0.05) is 31.5 Å². The second-order valence-corrected chi connectivity index (χ2v) is 4.44. The third-order valence-corrected chi connectivity index (χ3v) is 3.11. The van der Waals surface area contributed by atoms with Gasteiger partial charge in [-0.2, -0.15) is 0 Å². The Balaban J connectivity index is 0.000000637. The Labute approximate surface area is 118 Å². The molecule has 1 aromatic heterocycles. The van der Waals surface area contributed by atoms with Crippen LogP contribution in [-0.2, 0) is 6.61 Å². The van der Waals surface area contributed by atoms with Crippen LogP contribution in [0.3, 0.4) is 0 Å². The van der Waals surface area contributed by atoms with Crippen molar-refractivity contribution in [3.63, 3.8) is 0 Å². The van der Waals surface area contributed by atoms with Gasteiger partial charge in [0.25, 0.3) is 0 Å². The van der Waals surface area contributed by atoms with Gasteiger partial charge in [-0.25, -0.2) is 4.98 Å². The molecule has 0 radical (unpaired) electrons. The number of nitrogens with one attached hydrogen (secondary N) is 1. The topological polar surface area (TPSA) is 34.2 Å². The van der Waals surface area contributed by atoms with Crippen LogP contribution >= 0.6 is 11.6 Å². The molecule has 0 aliphatic carbocycles. The van der Waals surface area contributed by atoms with Crippen LogP contribution in [0.4, 0.5) is 11.5 Å². The summed E-state index contributed by atoms with van der Waals surface area (Å²) >= 11 is 6.13. The predicted molar refractivity (Wildman–Crippen MR) is 79.4 cm³/mol. The molecule has 0 saturated heterocycles. The molecule has 4 heteroatoms. The van der Waals surface area contributed by atoms with E-state index in [4.69, 9.17) is 16.3 Å². The van der Waals surface area contributed by atoms with Gasteiger partial charge < -0.3 is 10.1 Å². The van der Waals surface area contributed by atoms with E-state index in [1.54, 1.807) is 12.3 Å². The third kappa shape index (κ3) is 2.82. The molecule has 2 aromatic rings. The summed E-state index contributed by atoms with van der Waals surface area (Å²) in [6.45, 7) is 6.48. The van der Waals surface area contributed by atoms with Crippen molar-refractivity contribution in [3.8, 4) is 5.75 Å². The van der Waals surface area contributed by atoms with Crippen LogP contribution in [0.5, 0.6) is 5.75 Å². The number of rotatable bonds is 0. The van der Waals surface area contributed by atoms with E-state index in [-0.39, 0.29) is 0 Å². The van der Waals surface area contributed by atoms with Crippen LogP contribution in [0.2, 0.25) is 5.02 Å². The SMILES string of the molecule is CC.Cc1ccc2c(c1)Nc1nccc(Cl)c1CO2. The highest BCUT2D eigenvalue weighted by molar-refractivity contribution is 6.31. The number of aryl methyl sites for hydroxylation is 1. The minimum atomic E-state index is 0.436. The van der Waals surface area contributed by atoms with E-state index in [0.717, 1.165) is 22.8 Å². The fourth-order valence-corrected chi connectivity index (χ4v) is 2.06. The molecule has 2 heterocycles. The number of anilines is 2. The minimum absolute atomic E-state index is 0.436. The van der Waals surface area contributed by atoms with Crippen molar-refractivity contribution in [2.24, 2.45) is 0 Å². The van der Waals surface area contributed by atoms with Crippen LogP contribution in [-0.4, -0.2) is 4.98 Å². The van der Waals surface area contributed by atoms with Crippen molar-refractivity contribution in [1.29, 1.82) is 0 Å². The maximum Gasteiger partial charge on any atom is 0.143 e. The van der Waals surface area contributed by atoms with Gasteiger partial charge in [0.15, 0.2) is 0 Å². The summed E-state index contributed by atoms with van der Waals surface area (Å²) in [6, 6.07) is 7.78. The Hall–Kier alpha value is -1.74. The molecular weight excluding hydrogens is 260 g/mol. The Morgan fingerprint density at radius 2 is 2.05 bits per heavy atom. The molecule has 19 heavy (non-hydrogen) atoms. The lowest BCUT2D eigenvalue weighted by molar-refractivity contribution is 0.310. The van der Waals surface area contributed by atoms with Gasteiger partial charge in [0.05, 0.1) is 16.3 Å². The zero-order valence-corrected chi connectivity index (χ0v) is 12.1. The number of pyridine rings is 1. The van der Waals surface area contributed by atoms with E-state index in [9.17, 15) is 0 Å². The summed E-state index contributed by atoms with van der Waals surface area (Å²) in [5.41, 5.74) is 2.99. The molecule has 0 fully saturated rings. The first kappa shape index (κ1) is 13.7. The van der Waals surface area contributed by atoms with Crippen molar-refractivity contribution < 1.29 is 4.74 Å². The molecule has 100 valence electrons.